The van der Waals surface area contributed by atoms with E-state index in [2.05, 4.69) is 20.5 Å². The standard InChI is InChI=1S/C16H19N7O2/c1-13-8-14(10-17-9-13)2-3-15(24)21-4-6-22(7-5-21)16(25)11-23-12-18-19-20-23/h2-3,8-10,12H,4-7,11H2,1H3/b3-2+. The van der Waals surface area contributed by atoms with Gasteiger partial charge in [-0.25, -0.2) is 4.68 Å². The summed E-state index contributed by atoms with van der Waals surface area (Å²) in [6.45, 7) is 4.10. The van der Waals surface area contributed by atoms with Crippen molar-refractivity contribution >= 4 is 17.9 Å². The highest BCUT2D eigenvalue weighted by Crippen LogP contribution is 2.07. The second kappa shape index (κ2) is 7.65. The number of tetrazole rings is 1. The van der Waals surface area contributed by atoms with Gasteiger partial charge in [0.1, 0.15) is 12.9 Å². The van der Waals surface area contributed by atoms with Crippen LogP contribution in [0, 0.1) is 6.92 Å². The molecule has 0 unspecified atom stereocenters. The van der Waals surface area contributed by atoms with Gasteiger partial charge in [-0.15, -0.1) is 5.10 Å². The molecule has 0 saturated carbocycles. The van der Waals surface area contributed by atoms with Gasteiger partial charge in [0.25, 0.3) is 0 Å². The van der Waals surface area contributed by atoms with Crippen LogP contribution in [-0.2, 0) is 16.1 Å². The molecule has 0 aromatic carbocycles. The molecule has 1 aliphatic heterocycles. The maximum atomic E-state index is 12.3. The number of carbonyl (C=O) groups excluding carboxylic acids is 2. The Hall–Kier alpha value is -3.10. The van der Waals surface area contributed by atoms with E-state index in [9.17, 15) is 9.59 Å². The van der Waals surface area contributed by atoms with Crippen molar-refractivity contribution in [3.05, 3.63) is 42.0 Å². The number of hydrogen-bond donors (Lipinski definition) is 0. The van der Waals surface area contributed by atoms with Crippen LogP contribution in [0.2, 0.25) is 0 Å². The summed E-state index contributed by atoms with van der Waals surface area (Å²) >= 11 is 0. The largest absolute Gasteiger partial charge is 0.338 e. The monoisotopic (exact) mass is 341 g/mol. The number of piperazine rings is 1. The summed E-state index contributed by atoms with van der Waals surface area (Å²) in [5.41, 5.74) is 1.94. The Kier molecular flexibility index (Phi) is 5.12. The second-order valence-electron chi connectivity index (χ2n) is 5.84. The predicted molar refractivity (Wildman–Crippen MR) is 89.0 cm³/mol. The van der Waals surface area contributed by atoms with Crippen LogP contribution in [0.4, 0.5) is 0 Å². The van der Waals surface area contributed by atoms with E-state index in [-0.39, 0.29) is 18.4 Å². The smallest absolute Gasteiger partial charge is 0.246 e. The Morgan fingerprint density at radius 1 is 1.16 bits per heavy atom. The minimum absolute atomic E-state index is 0.0548. The molecule has 3 heterocycles. The van der Waals surface area contributed by atoms with Crippen molar-refractivity contribution in [1.82, 2.24) is 35.0 Å². The molecule has 0 aliphatic carbocycles. The van der Waals surface area contributed by atoms with Crippen LogP contribution in [0.5, 0.6) is 0 Å². The molecule has 2 aromatic rings. The Morgan fingerprint density at radius 2 is 1.92 bits per heavy atom. The molecule has 25 heavy (non-hydrogen) atoms. The average molecular weight is 341 g/mol. The third-order valence-electron chi connectivity index (χ3n) is 3.95. The molecular weight excluding hydrogens is 322 g/mol. The van der Waals surface area contributed by atoms with Gasteiger partial charge in [0.05, 0.1) is 0 Å². The summed E-state index contributed by atoms with van der Waals surface area (Å²) in [5.74, 6) is -0.116. The normalized spacial score (nSPS) is 14.9. The first kappa shape index (κ1) is 16.7. The fourth-order valence-corrected chi connectivity index (χ4v) is 2.61. The number of aryl methyl sites for hydroxylation is 1. The number of carbonyl (C=O) groups is 2. The van der Waals surface area contributed by atoms with Gasteiger partial charge < -0.3 is 9.80 Å². The molecule has 0 radical (unpaired) electrons. The van der Waals surface area contributed by atoms with E-state index >= 15 is 0 Å². The first-order chi connectivity index (χ1) is 12.1. The fourth-order valence-electron chi connectivity index (χ4n) is 2.61. The molecule has 0 atom stereocenters. The summed E-state index contributed by atoms with van der Waals surface area (Å²) in [7, 11) is 0. The van der Waals surface area contributed by atoms with Gasteiger partial charge >= 0.3 is 0 Å². The quantitative estimate of drug-likeness (QED) is 0.712. The van der Waals surface area contributed by atoms with E-state index in [0.717, 1.165) is 11.1 Å². The molecule has 2 amide bonds. The minimum Gasteiger partial charge on any atom is -0.338 e. The highest BCUT2D eigenvalue weighted by Gasteiger charge is 2.23. The predicted octanol–water partition coefficient (Wildman–Crippen LogP) is -0.239. The highest BCUT2D eigenvalue weighted by molar-refractivity contribution is 5.92. The third-order valence-corrected chi connectivity index (χ3v) is 3.95. The lowest BCUT2D eigenvalue weighted by molar-refractivity contribution is -0.137. The van der Waals surface area contributed by atoms with E-state index in [1.54, 1.807) is 34.3 Å². The van der Waals surface area contributed by atoms with E-state index in [4.69, 9.17) is 0 Å². The second-order valence-corrected chi connectivity index (χ2v) is 5.84. The third kappa shape index (κ3) is 4.46. The van der Waals surface area contributed by atoms with Crippen LogP contribution in [0.15, 0.2) is 30.9 Å². The van der Waals surface area contributed by atoms with Gasteiger partial charge in [-0.2, -0.15) is 0 Å². The molecule has 0 N–H and O–H groups in total. The molecule has 3 rings (SSSR count). The zero-order valence-corrected chi connectivity index (χ0v) is 13.9. The first-order valence-corrected chi connectivity index (χ1v) is 7.99. The maximum absolute atomic E-state index is 12.3. The number of rotatable bonds is 4. The molecule has 0 bridgehead atoms. The number of amides is 2. The molecule has 0 spiro atoms. The molecule has 2 aromatic heterocycles. The minimum atomic E-state index is -0.0610. The Morgan fingerprint density at radius 3 is 2.60 bits per heavy atom. The van der Waals surface area contributed by atoms with Crippen LogP contribution < -0.4 is 0 Å². The lowest BCUT2D eigenvalue weighted by Gasteiger charge is -2.34. The van der Waals surface area contributed by atoms with Crippen LogP contribution in [0.3, 0.4) is 0 Å². The van der Waals surface area contributed by atoms with Gasteiger partial charge in [0.2, 0.25) is 11.8 Å². The topological polar surface area (TPSA) is 97.1 Å². The zero-order valence-electron chi connectivity index (χ0n) is 13.9. The Bertz CT molecular complexity index is 765. The van der Waals surface area contributed by atoms with E-state index < -0.39 is 0 Å². The number of pyridine rings is 1. The van der Waals surface area contributed by atoms with Crippen molar-refractivity contribution in [2.75, 3.05) is 26.2 Å². The number of aromatic nitrogens is 5. The van der Waals surface area contributed by atoms with Gasteiger partial charge in [-0.05, 0) is 40.6 Å². The van der Waals surface area contributed by atoms with E-state index in [1.165, 1.54) is 11.0 Å². The van der Waals surface area contributed by atoms with Crippen molar-refractivity contribution in [3.63, 3.8) is 0 Å². The van der Waals surface area contributed by atoms with Crippen LogP contribution >= 0.6 is 0 Å². The fraction of sp³-hybridized carbons (Fsp3) is 0.375. The van der Waals surface area contributed by atoms with Crippen LogP contribution in [0.25, 0.3) is 6.08 Å². The highest BCUT2D eigenvalue weighted by atomic mass is 16.2. The van der Waals surface area contributed by atoms with E-state index in [1.807, 2.05) is 13.0 Å². The molecule has 9 heteroatoms. The lowest BCUT2D eigenvalue weighted by atomic mass is 10.2. The van der Waals surface area contributed by atoms with Crippen molar-refractivity contribution in [3.8, 4) is 0 Å². The Labute approximate surface area is 144 Å². The first-order valence-electron chi connectivity index (χ1n) is 7.99. The maximum Gasteiger partial charge on any atom is 0.246 e. The molecular formula is C16H19N7O2. The van der Waals surface area contributed by atoms with Crippen molar-refractivity contribution in [2.45, 2.75) is 13.5 Å². The summed E-state index contributed by atoms with van der Waals surface area (Å²) in [6.07, 6.45) is 8.20. The molecule has 1 saturated heterocycles. The van der Waals surface area contributed by atoms with Gasteiger partial charge in [0.15, 0.2) is 0 Å². The zero-order chi connectivity index (χ0) is 17.6. The van der Waals surface area contributed by atoms with Crippen LogP contribution in [-0.4, -0.2) is 73.0 Å². The van der Waals surface area contributed by atoms with Gasteiger partial charge in [-0.1, -0.05) is 0 Å². The summed E-state index contributed by atoms with van der Waals surface area (Å²) in [5, 5.41) is 10.7. The average Bonchev–Trinajstić information content (AvgIpc) is 3.13. The van der Waals surface area contributed by atoms with Crippen LogP contribution in [0.1, 0.15) is 11.1 Å². The van der Waals surface area contributed by atoms with Crippen molar-refractivity contribution in [2.24, 2.45) is 0 Å². The Balaban J connectivity index is 1.49. The van der Waals surface area contributed by atoms with Crippen molar-refractivity contribution in [1.29, 1.82) is 0 Å². The molecule has 130 valence electrons. The van der Waals surface area contributed by atoms with Gasteiger partial charge in [0, 0.05) is 44.6 Å². The SMILES string of the molecule is Cc1cncc(/C=C/C(=O)N2CCN(C(=O)Cn3cnnn3)CC2)c1. The number of hydrogen-bond acceptors (Lipinski definition) is 6. The summed E-state index contributed by atoms with van der Waals surface area (Å²) in [6, 6.07) is 1.96. The summed E-state index contributed by atoms with van der Waals surface area (Å²) < 4.78 is 1.39. The number of nitrogens with zero attached hydrogens (tertiary/aromatic N) is 7. The molecule has 9 nitrogen and oxygen atoms in total. The van der Waals surface area contributed by atoms with Gasteiger partial charge in [-0.3, -0.25) is 14.6 Å². The van der Waals surface area contributed by atoms with Crippen molar-refractivity contribution < 1.29 is 9.59 Å². The van der Waals surface area contributed by atoms with E-state index in [0.29, 0.717) is 26.2 Å². The molecule has 1 fully saturated rings. The molecule has 1 aliphatic rings. The lowest BCUT2D eigenvalue weighted by Crippen LogP contribution is -2.51. The summed E-state index contributed by atoms with van der Waals surface area (Å²) in [4.78, 5) is 32.0.